The first-order valence-electron chi connectivity index (χ1n) is 9.25. The second-order valence-corrected chi connectivity index (χ2v) is 10.2. The Morgan fingerprint density at radius 1 is 1.20 bits per heavy atom. The summed E-state index contributed by atoms with van der Waals surface area (Å²) in [6.07, 6.45) is 0.0482. The molecule has 1 heterocycles. The van der Waals surface area contributed by atoms with Gasteiger partial charge in [-0.25, -0.2) is 17.2 Å². The number of hydrogen-bond donors (Lipinski definition) is 1. The maximum absolute atomic E-state index is 16.5. The molecule has 0 saturated heterocycles. The third kappa shape index (κ3) is 3.01. The minimum absolute atomic E-state index is 0.0201. The first-order chi connectivity index (χ1) is 14.1. The molecule has 5 nitrogen and oxygen atoms in total. The number of amides is 1. The van der Waals surface area contributed by atoms with Crippen molar-refractivity contribution in [2.45, 2.75) is 22.7 Å². The minimum atomic E-state index is -4.85. The summed E-state index contributed by atoms with van der Waals surface area (Å²) in [6.45, 7) is 0. The summed E-state index contributed by atoms with van der Waals surface area (Å²) < 4.78 is 56.8. The Labute approximate surface area is 177 Å². The van der Waals surface area contributed by atoms with Gasteiger partial charge < -0.3 is 9.88 Å². The van der Waals surface area contributed by atoms with E-state index in [2.05, 4.69) is 4.98 Å². The van der Waals surface area contributed by atoms with Gasteiger partial charge in [-0.05, 0) is 54.8 Å². The van der Waals surface area contributed by atoms with Crippen LogP contribution in [-0.2, 0) is 27.5 Å². The molecule has 2 atom stereocenters. The van der Waals surface area contributed by atoms with Crippen molar-refractivity contribution < 1.29 is 22.0 Å². The first-order valence-corrected chi connectivity index (χ1v) is 11.1. The van der Waals surface area contributed by atoms with E-state index in [4.69, 9.17) is 11.6 Å². The Morgan fingerprint density at radius 2 is 1.93 bits per heavy atom. The second kappa shape index (κ2) is 7.06. The minimum Gasteiger partial charge on any atom is -0.358 e. The Balaban J connectivity index is 1.84. The number of carbonyl (C=O) groups excluding carboxylic acids is 1. The molecule has 1 aliphatic rings. The van der Waals surface area contributed by atoms with E-state index >= 15 is 4.39 Å². The Hall–Kier alpha value is -2.45. The number of H-pyrrole nitrogens is 1. The maximum Gasteiger partial charge on any atom is 0.295 e. The number of nitrogens with one attached hydrogen (secondary N) is 1. The third-order valence-electron chi connectivity index (χ3n) is 5.58. The summed E-state index contributed by atoms with van der Waals surface area (Å²) >= 11 is 6.08. The fourth-order valence-corrected chi connectivity index (χ4v) is 6.19. The molecule has 9 heteroatoms. The van der Waals surface area contributed by atoms with Gasteiger partial charge in [0.15, 0.2) is 0 Å². The number of hydrogen-bond acceptors (Lipinski definition) is 3. The first kappa shape index (κ1) is 20.8. The summed E-state index contributed by atoms with van der Waals surface area (Å²) in [6, 6.07) is 9.30. The van der Waals surface area contributed by atoms with E-state index in [0.29, 0.717) is 10.7 Å². The molecule has 0 aliphatic heterocycles. The van der Waals surface area contributed by atoms with Crippen molar-refractivity contribution in [1.82, 2.24) is 9.88 Å². The van der Waals surface area contributed by atoms with E-state index in [1.807, 2.05) is 0 Å². The van der Waals surface area contributed by atoms with Crippen molar-refractivity contribution in [2.75, 3.05) is 14.1 Å². The van der Waals surface area contributed by atoms with Gasteiger partial charge in [0.1, 0.15) is 5.82 Å². The van der Waals surface area contributed by atoms with Crippen LogP contribution >= 0.6 is 11.6 Å². The zero-order chi connectivity index (χ0) is 21.8. The van der Waals surface area contributed by atoms with Crippen LogP contribution in [0.5, 0.6) is 0 Å². The summed E-state index contributed by atoms with van der Waals surface area (Å²) in [4.78, 5) is 16.4. The van der Waals surface area contributed by atoms with Crippen molar-refractivity contribution in [3.63, 3.8) is 0 Å². The molecule has 0 saturated carbocycles. The number of fused-ring (bicyclic) bond motifs is 3. The van der Waals surface area contributed by atoms with Crippen LogP contribution in [0, 0.1) is 11.7 Å². The summed E-state index contributed by atoms with van der Waals surface area (Å²) in [5.41, 5.74) is 2.21. The average molecular weight is 453 g/mol. The molecule has 1 aliphatic carbocycles. The molecule has 1 N–H and O–H groups in total. The molecule has 0 bridgehead atoms. The lowest BCUT2D eigenvalue weighted by Gasteiger charge is -2.32. The normalized spacial score (nSPS) is 18.2. The SMILES string of the molecule is CN(C)C(=O)[C@@](F)(C1Cc2[nH]c3ccc(Cl)cc3c2C1)S(=O)(=O)c1cccc(F)c1. The van der Waals surface area contributed by atoms with Crippen molar-refractivity contribution >= 4 is 38.2 Å². The highest BCUT2D eigenvalue weighted by Crippen LogP contribution is 2.45. The quantitative estimate of drug-likeness (QED) is 0.652. The number of halogens is 3. The fraction of sp³-hybridized carbons (Fsp3) is 0.286. The van der Waals surface area contributed by atoms with Gasteiger partial charge in [-0.2, -0.15) is 0 Å². The molecule has 1 aromatic heterocycles. The molecule has 0 fully saturated rings. The fourth-order valence-electron chi connectivity index (χ4n) is 4.13. The zero-order valence-electron chi connectivity index (χ0n) is 16.2. The third-order valence-corrected chi connectivity index (χ3v) is 7.98. The zero-order valence-corrected chi connectivity index (χ0v) is 17.8. The smallest absolute Gasteiger partial charge is 0.295 e. The van der Waals surface area contributed by atoms with Gasteiger partial charge in [-0.1, -0.05) is 17.7 Å². The summed E-state index contributed by atoms with van der Waals surface area (Å²) in [7, 11) is -2.26. The maximum atomic E-state index is 16.5. The standard InChI is InChI=1S/C21H19ClF2N2O3S/c1-26(2)20(27)21(24,30(28,29)15-5-3-4-14(23)11-15)12-8-16-17-10-13(22)6-7-18(17)25-19(16)9-12/h3-7,10-12,25H,8-9H2,1-2H3/t12?,21-/m1/s1. The van der Waals surface area contributed by atoms with Gasteiger partial charge in [0.25, 0.3) is 10.9 Å². The summed E-state index contributed by atoms with van der Waals surface area (Å²) in [5.74, 6) is -3.19. The number of benzene rings is 2. The second-order valence-electron chi connectivity index (χ2n) is 7.68. The van der Waals surface area contributed by atoms with Crippen molar-refractivity contribution in [2.24, 2.45) is 5.92 Å². The van der Waals surface area contributed by atoms with Gasteiger partial charge in [0.05, 0.1) is 4.90 Å². The van der Waals surface area contributed by atoms with Crippen LogP contribution in [-0.4, -0.2) is 43.3 Å². The predicted molar refractivity (Wildman–Crippen MR) is 110 cm³/mol. The average Bonchev–Trinajstić information content (AvgIpc) is 3.25. The highest BCUT2D eigenvalue weighted by atomic mass is 35.5. The van der Waals surface area contributed by atoms with Gasteiger partial charge in [0, 0.05) is 41.6 Å². The Kier molecular flexibility index (Phi) is 4.90. The number of rotatable bonds is 4. The molecule has 4 rings (SSSR count). The molecular weight excluding hydrogens is 434 g/mol. The lowest BCUT2D eigenvalue weighted by molar-refractivity contribution is -0.138. The number of aromatic amines is 1. The van der Waals surface area contributed by atoms with E-state index < -0.39 is 37.4 Å². The molecule has 2 aromatic carbocycles. The van der Waals surface area contributed by atoms with Crippen LogP contribution in [0.1, 0.15) is 11.3 Å². The van der Waals surface area contributed by atoms with Crippen LogP contribution in [0.25, 0.3) is 10.9 Å². The highest BCUT2D eigenvalue weighted by molar-refractivity contribution is 7.93. The lowest BCUT2D eigenvalue weighted by Crippen LogP contribution is -2.54. The van der Waals surface area contributed by atoms with Crippen molar-refractivity contribution in [1.29, 1.82) is 0 Å². The number of sulfone groups is 1. The van der Waals surface area contributed by atoms with Crippen LogP contribution in [0.4, 0.5) is 8.78 Å². The van der Waals surface area contributed by atoms with Gasteiger partial charge >= 0.3 is 0 Å². The number of nitrogens with zero attached hydrogens (tertiary/aromatic N) is 1. The number of aromatic nitrogens is 1. The van der Waals surface area contributed by atoms with Crippen molar-refractivity contribution in [3.8, 4) is 0 Å². The molecule has 3 aromatic rings. The lowest BCUT2D eigenvalue weighted by atomic mass is 9.97. The molecule has 1 amide bonds. The predicted octanol–water partition coefficient (Wildman–Crippen LogP) is 3.90. The number of carbonyl (C=O) groups is 1. The molecule has 0 radical (unpaired) electrons. The molecule has 0 spiro atoms. The van der Waals surface area contributed by atoms with Crippen LogP contribution in [0.15, 0.2) is 47.4 Å². The topological polar surface area (TPSA) is 70.2 Å². The van der Waals surface area contributed by atoms with Crippen LogP contribution in [0.3, 0.4) is 0 Å². The highest BCUT2D eigenvalue weighted by Gasteiger charge is 2.60. The van der Waals surface area contributed by atoms with Crippen molar-refractivity contribution in [3.05, 3.63) is 64.6 Å². The molecular formula is C21H19ClF2N2O3S. The van der Waals surface area contributed by atoms with Gasteiger partial charge in [0.2, 0.25) is 9.84 Å². The van der Waals surface area contributed by atoms with Gasteiger partial charge in [-0.15, -0.1) is 0 Å². The number of alkyl halides is 1. The Bertz CT molecular complexity index is 1270. The van der Waals surface area contributed by atoms with Crippen LogP contribution in [0.2, 0.25) is 5.02 Å². The monoisotopic (exact) mass is 452 g/mol. The van der Waals surface area contributed by atoms with Crippen LogP contribution < -0.4 is 0 Å². The molecule has 158 valence electrons. The molecule has 30 heavy (non-hydrogen) atoms. The van der Waals surface area contributed by atoms with E-state index in [-0.39, 0.29) is 12.8 Å². The van der Waals surface area contributed by atoms with E-state index in [1.54, 1.807) is 18.2 Å². The van der Waals surface area contributed by atoms with E-state index in [0.717, 1.165) is 39.6 Å². The van der Waals surface area contributed by atoms with Gasteiger partial charge in [-0.3, -0.25) is 4.79 Å². The molecule has 1 unspecified atom stereocenters. The van der Waals surface area contributed by atoms with E-state index in [1.165, 1.54) is 20.2 Å². The largest absolute Gasteiger partial charge is 0.358 e. The van der Waals surface area contributed by atoms with E-state index in [9.17, 15) is 17.6 Å². The summed E-state index contributed by atoms with van der Waals surface area (Å²) in [5, 5.41) is -1.99. The Morgan fingerprint density at radius 3 is 2.60 bits per heavy atom.